The third kappa shape index (κ3) is 5.13. The van der Waals surface area contributed by atoms with Gasteiger partial charge in [0, 0.05) is 31.0 Å². The molecule has 0 bridgehead atoms. The van der Waals surface area contributed by atoms with Gasteiger partial charge >= 0.3 is 0 Å². The van der Waals surface area contributed by atoms with Gasteiger partial charge in [-0.15, -0.1) is 0 Å². The summed E-state index contributed by atoms with van der Waals surface area (Å²) in [5.41, 5.74) is 2.83. The van der Waals surface area contributed by atoms with E-state index in [0.717, 1.165) is 43.2 Å². The van der Waals surface area contributed by atoms with E-state index in [4.69, 9.17) is 16.3 Å². The van der Waals surface area contributed by atoms with E-state index < -0.39 is 0 Å². The van der Waals surface area contributed by atoms with E-state index in [0.29, 0.717) is 23.3 Å². The molecule has 150 valence electrons. The molecule has 8 heteroatoms. The molecule has 3 aromatic rings. The van der Waals surface area contributed by atoms with Crippen LogP contribution in [0.4, 0.5) is 27.5 Å². The molecule has 29 heavy (non-hydrogen) atoms. The lowest BCUT2D eigenvalue weighted by atomic mass is 10.2. The minimum atomic E-state index is -0.277. The van der Waals surface area contributed by atoms with Crippen molar-refractivity contribution in [2.75, 3.05) is 41.8 Å². The van der Waals surface area contributed by atoms with Crippen LogP contribution in [0.15, 0.2) is 54.7 Å². The van der Waals surface area contributed by atoms with Crippen molar-refractivity contribution in [2.45, 2.75) is 6.54 Å². The Morgan fingerprint density at radius 3 is 2.66 bits per heavy atom. The van der Waals surface area contributed by atoms with Crippen LogP contribution >= 0.6 is 11.6 Å². The van der Waals surface area contributed by atoms with Gasteiger partial charge in [0.1, 0.15) is 10.8 Å². The molecule has 0 radical (unpaired) electrons. The number of ether oxygens (including phenoxy) is 1. The molecule has 0 spiro atoms. The molecule has 2 aromatic carbocycles. The van der Waals surface area contributed by atoms with Crippen LogP contribution in [0, 0.1) is 5.82 Å². The fourth-order valence-electron chi connectivity index (χ4n) is 3.09. The van der Waals surface area contributed by atoms with Crippen molar-refractivity contribution in [1.29, 1.82) is 0 Å². The number of nitrogens with one attached hydrogen (secondary N) is 2. The Morgan fingerprint density at radius 1 is 1.10 bits per heavy atom. The van der Waals surface area contributed by atoms with E-state index in [1.54, 1.807) is 6.07 Å². The van der Waals surface area contributed by atoms with Gasteiger partial charge in [0.15, 0.2) is 5.82 Å². The van der Waals surface area contributed by atoms with Crippen molar-refractivity contribution >= 4 is 34.7 Å². The van der Waals surface area contributed by atoms with Crippen LogP contribution in [0.2, 0.25) is 5.02 Å². The van der Waals surface area contributed by atoms with Crippen LogP contribution in [0.1, 0.15) is 5.56 Å². The molecular formula is C21H21ClFN5O. The van der Waals surface area contributed by atoms with E-state index in [1.807, 2.05) is 18.2 Å². The number of hydrogen-bond acceptors (Lipinski definition) is 6. The first-order chi connectivity index (χ1) is 14.2. The molecule has 0 atom stereocenters. The second-order valence-electron chi connectivity index (χ2n) is 6.64. The van der Waals surface area contributed by atoms with Gasteiger partial charge in [-0.25, -0.2) is 9.37 Å². The molecule has 0 aliphatic carbocycles. The van der Waals surface area contributed by atoms with Gasteiger partial charge in [0.05, 0.1) is 19.4 Å². The van der Waals surface area contributed by atoms with Gasteiger partial charge < -0.3 is 20.3 Å². The maximum atomic E-state index is 13.3. The number of anilines is 4. The van der Waals surface area contributed by atoms with Gasteiger partial charge in [0.25, 0.3) is 0 Å². The van der Waals surface area contributed by atoms with E-state index in [2.05, 4.69) is 37.6 Å². The Labute approximate surface area is 173 Å². The van der Waals surface area contributed by atoms with Crippen molar-refractivity contribution in [3.05, 3.63) is 71.1 Å². The molecule has 1 fully saturated rings. The Bertz CT molecular complexity index is 964. The zero-order valence-corrected chi connectivity index (χ0v) is 16.5. The SMILES string of the molecule is Fc1cccc(CNc2nc(Nc3ccc(N4CCOCC4)cc3)ncc2Cl)c1. The first-order valence-electron chi connectivity index (χ1n) is 9.38. The number of halogens is 2. The molecule has 2 heterocycles. The molecule has 1 aromatic heterocycles. The average molecular weight is 414 g/mol. The summed E-state index contributed by atoms with van der Waals surface area (Å²) in [7, 11) is 0. The van der Waals surface area contributed by atoms with Crippen LogP contribution < -0.4 is 15.5 Å². The number of hydrogen-bond donors (Lipinski definition) is 2. The van der Waals surface area contributed by atoms with Crippen LogP contribution in [0.25, 0.3) is 0 Å². The van der Waals surface area contributed by atoms with Crippen molar-refractivity contribution in [2.24, 2.45) is 0 Å². The van der Waals surface area contributed by atoms with E-state index in [1.165, 1.54) is 18.3 Å². The highest BCUT2D eigenvalue weighted by Crippen LogP contribution is 2.24. The van der Waals surface area contributed by atoms with E-state index in [-0.39, 0.29) is 5.82 Å². The molecule has 0 saturated carbocycles. The average Bonchev–Trinajstić information content (AvgIpc) is 2.75. The highest BCUT2D eigenvalue weighted by atomic mass is 35.5. The van der Waals surface area contributed by atoms with E-state index in [9.17, 15) is 4.39 Å². The number of nitrogens with zero attached hydrogens (tertiary/aromatic N) is 3. The van der Waals surface area contributed by atoms with Crippen LogP contribution in [0.5, 0.6) is 0 Å². The fourth-order valence-corrected chi connectivity index (χ4v) is 3.25. The predicted molar refractivity (Wildman–Crippen MR) is 114 cm³/mol. The Kier molecular flexibility index (Phi) is 6.07. The number of aromatic nitrogens is 2. The summed E-state index contributed by atoms with van der Waals surface area (Å²) in [4.78, 5) is 11.0. The normalized spacial score (nSPS) is 13.9. The summed E-state index contributed by atoms with van der Waals surface area (Å²) in [5, 5.41) is 6.71. The van der Waals surface area contributed by atoms with Crippen LogP contribution in [-0.4, -0.2) is 36.3 Å². The largest absolute Gasteiger partial charge is 0.378 e. The van der Waals surface area contributed by atoms with Gasteiger partial charge in [-0.3, -0.25) is 0 Å². The molecule has 0 amide bonds. The summed E-state index contributed by atoms with van der Waals surface area (Å²) in [6.45, 7) is 3.71. The van der Waals surface area contributed by atoms with Gasteiger partial charge in [-0.1, -0.05) is 23.7 Å². The molecule has 4 rings (SSSR count). The summed E-state index contributed by atoms with van der Waals surface area (Å²) in [6, 6.07) is 14.5. The monoisotopic (exact) mass is 413 g/mol. The Morgan fingerprint density at radius 2 is 1.90 bits per heavy atom. The topological polar surface area (TPSA) is 62.3 Å². The molecule has 0 unspecified atom stereocenters. The van der Waals surface area contributed by atoms with Crippen molar-refractivity contribution < 1.29 is 9.13 Å². The summed E-state index contributed by atoms with van der Waals surface area (Å²) in [6.07, 6.45) is 1.53. The number of benzene rings is 2. The number of rotatable bonds is 6. The maximum absolute atomic E-state index is 13.3. The molecule has 1 saturated heterocycles. The fraction of sp³-hybridized carbons (Fsp3) is 0.238. The Hall–Kier alpha value is -2.90. The zero-order valence-electron chi connectivity index (χ0n) is 15.7. The second-order valence-corrected chi connectivity index (χ2v) is 7.05. The maximum Gasteiger partial charge on any atom is 0.229 e. The third-order valence-electron chi connectivity index (χ3n) is 4.59. The standard InChI is InChI=1S/C21H21ClFN5O/c22-19-14-25-21(27-20(19)24-13-15-2-1-3-16(23)12-15)26-17-4-6-18(7-5-17)28-8-10-29-11-9-28/h1-7,12,14H,8-11,13H2,(H2,24,25,26,27). The predicted octanol–water partition coefficient (Wildman–Crippen LogP) is 4.46. The van der Waals surface area contributed by atoms with Gasteiger partial charge in [-0.2, -0.15) is 4.98 Å². The first-order valence-corrected chi connectivity index (χ1v) is 9.76. The Balaban J connectivity index is 1.41. The summed E-state index contributed by atoms with van der Waals surface area (Å²) >= 11 is 6.20. The zero-order chi connectivity index (χ0) is 20.1. The van der Waals surface area contributed by atoms with Crippen LogP contribution in [-0.2, 0) is 11.3 Å². The molecular weight excluding hydrogens is 393 g/mol. The molecule has 6 nitrogen and oxygen atoms in total. The first kappa shape index (κ1) is 19.4. The van der Waals surface area contributed by atoms with Gasteiger partial charge in [0.2, 0.25) is 5.95 Å². The third-order valence-corrected chi connectivity index (χ3v) is 4.87. The van der Waals surface area contributed by atoms with Gasteiger partial charge in [-0.05, 0) is 42.0 Å². The molecule has 1 aliphatic heterocycles. The van der Waals surface area contributed by atoms with E-state index >= 15 is 0 Å². The highest BCUT2D eigenvalue weighted by Gasteiger charge is 2.11. The van der Waals surface area contributed by atoms with Crippen LogP contribution in [0.3, 0.4) is 0 Å². The molecule has 1 aliphatic rings. The lowest BCUT2D eigenvalue weighted by molar-refractivity contribution is 0.122. The minimum absolute atomic E-state index is 0.277. The lowest BCUT2D eigenvalue weighted by Gasteiger charge is -2.28. The van der Waals surface area contributed by atoms with Crippen molar-refractivity contribution in [3.8, 4) is 0 Å². The molecule has 2 N–H and O–H groups in total. The highest BCUT2D eigenvalue weighted by molar-refractivity contribution is 6.32. The quantitative estimate of drug-likeness (QED) is 0.622. The smallest absolute Gasteiger partial charge is 0.229 e. The second kappa shape index (κ2) is 9.07. The minimum Gasteiger partial charge on any atom is -0.378 e. The van der Waals surface area contributed by atoms with Crippen molar-refractivity contribution in [1.82, 2.24) is 9.97 Å². The summed E-state index contributed by atoms with van der Waals surface area (Å²) < 4.78 is 18.7. The van der Waals surface area contributed by atoms with Crippen molar-refractivity contribution in [3.63, 3.8) is 0 Å². The summed E-state index contributed by atoms with van der Waals surface area (Å²) in [5.74, 6) is 0.634. The lowest BCUT2D eigenvalue weighted by Crippen LogP contribution is -2.36. The number of morpholine rings is 1.